The summed E-state index contributed by atoms with van der Waals surface area (Å²) in [6.07, 6.45) is 10.9. The summed E-state index contributed by atoms with van der Waals surface area (Å²) in [6.45, 7) is 6.26. The standard InChI is InChI=1S/C27H27N7O/c1-4-23-19(2)26(35)34(18-20-9-11-28-12-10-20)25-24(23)17-29-27(31-25)30-21-5-7-22(8-6-21)33-15-13-32(3)14-16-33/h1,5-12,17H,13-16,18H2,2-3H3,(H,29,30,31). The number of hydrogen-bond donors (Lipinski definition) is 1. The molecule has 1 aromatic carbocycles. The SMILES string of the molecule is C#Cc1c(C)c(=O)n(Cc2ccncc2)c2nc(Nc3ccc(N4CCN(C)CC4)cc3)ncc12. The fourth-order valence-electron chi connectivity index (χ4n) is 4.38. The first-order chi connectivity index (χ1) is 17.0. The number of piperazine rings is 1. The summed E-state index contributed by atoms with van der Waals surface area (Å²) in [5, 5.41) is 3.95. The van der Waals surface area contributed by atoms with Crippen molar-refractivity contribution in [1.29, 1.82) is 0 Å². The Morgan fingerprint density at radius 2 is 1.77 bits per heavy atom. The van der Waals surface area contributed by atoms with E-state index in [-0.39, 0.29) is 5.56 Å². The minimum absolute atomic E-state index is 0.163. The lowest BCUT2D eigenvalue weighted by Crippen LogP contribution is -2.44. The van der Waals surface area contributed by atoms with Gasteiger partial charge in [-0.05, 0) is 55.9 Å². The molecule has 35 heavy (non-hydrogen) atoms. The lowest BCUT2D eigenvalue weighted by Gasteiger charge is -2.34. The Morgan fingerprint density at radius 1 is 1.06 bits per heavy atom. The zero-order chi connectivity index (χ0) is 24.4. The van der Waals surface area contributed by atoms with Crippen molar-refractivity contribution in [2.45, 2.75) is 13.5 Å². The maximum atomic E-state index is 13.2. The van der Waals surface area contributed by atoms with E-state index in [9.17, 15) is 4.79 Å². The Bertz CT molecular complexity index is 1450. The average molecular weight is 466 g/mol. The zero-order valence-corrected chi connectivity index (χ0v) is 19.9. The summed E-state index contributed by atoms with van der Waals surface area (Å²) in [6, 6.07) is 12.0. The van der Waals surface area contributed by atoms with Gasteiger partial charge in [0, 0.05) is 67.3 Å². The quantitative estimate of drug-likeness (QED) is 0.454. The minimum atomic E-state index is -0.163. The Kier molecular flexibility index (Phi) is 6.17. The summed E-state index contributed by atoms with van der Waals surface area (Å²) in [5.41, 5.74) is 4.39. The second kappa shape index (κ2) is 9.57. The van der Waals surface area contributed by atoms with E-state index in [4.69, 9.17) is 11.4 Å². The second-order valence-electron chi connectivity index (χ2n) is 8.78. The molecule has 1 saturated heterocycles. The van der Waals surface area contributed by atoms with Crippen LogP contribution in [0.5, 0.6) is 0 Å². The van der Waals surface area contributed by atoms with E-state index in [0.29, 0.717) is 34.7 Å². The van der Waals surface area contributed by atoms with Crippen LogP contribution in [0.3, 0.4) is 0 Å². The van der Waals surface area contributed by atoms with Crippen LogP contribution in [0.1, 0.15) is 16.7 Å². The molecule has 1 N–H and O–H groups in total. The van der Waals surface area contributed by atoms with E-state index < -0.39 is 0 Å². The third-order valence-corrected chi connectivity index (χ3v) is 6.46. The van der Waals surface area contributed by atoms with E-state index in [2.05, 4.69) is 50.2 Å². The molecule has 8 heteroatoms. The number of benzene rings is 1. The molecule has 0 saturated carbocycles. The van der Waals surface area contributed by atoms with Crippen molar-refractivity contribution in [2.24, 2.45) is 0 Å². The van der Waals surface area contributed by atoms with Gasteiger partial charge in [-0.15, -0.1) is 6.42 Å². The number of terminal acetylenes is 1. The van der Waals surface area contributed by atoms with Crippen molar-refractivity contribution in [2.75, 3.05) is 43.4 Å². The summed E-state index contributed by atoms with van der Waals surface area (Å²) < 4.78 is 1.64. The van der Waals surface area contributed by atoms with E-state index in [0.717, 1.165) is 37.4 Å². The molecule has 8 nitrogen and oxygen atoms in total. The van der Waals surface area contributed by atoms with Crippen molar-refractivity contribution in [3.05, 3.63) is 82.0 Å². The predicted molar refractivity (Wildman–Crippen MR) is 139 cm³/mol. The molecule has 4 heterocycles. The summed E-state index contributed by atoms with van der Waals surface area (Å²) in [5.74, 6) is 3.05. The van der Waals surface area contributed by atoms with E-state index in [1.54, 1.807) is 30.1 Å². The lowest BCUT2D eigenvalue weighted by molar-refractivity contribution is 0.313. The average Bonchev–Trinajstić information content (AvgIpc) is 2.89. The number of fused-ring (bicyclic) bond motifs is 1. The number of pyridine rings is 2. The van der Waals surface area contributed by atoms with Crippen molar-refractivity contribution in [3.8, 4) is 12.3 Å². The van der Waals surface area contributed by atoms with Crippen LogP contribution in [-0.4, -0.2) is 57.6 Å². The van der Waals surface area contributed by atoms with E-state index in [1.807, 2.05) is 24.3 Å². The number of likely N-dealkylation sites (N-methyl/N-ethyl adjacent to an activating group) is 1. The van der Waals surface area contributed by atoms with Crippen LogP contribution >= 0.6 is 0 Å². The largest absolute Gasteiger partial charge is 0.369 e. The maximum Gasteiger partial charge on any atom is 0.256 e. The number of nitrogens with one attached hydrogen (secondary N) is 1. The van der Waals surface area contributed by atoms with Gasteiger partial charge in [0.05, 0.1) is 11.9 Å². The predicted octanol–water partition coefficient (Wildman–Crippen LogP) is 3.02. The number of anilines is 3. The van der Waals surface area contributed by atoms with Crippen LogP contribution in [0.15, 0.2) is 59.8 Å². The molecule has 3 aromatic heterocycles. The summed E-state index contributed by atoms with van der Waals surface area (Å²) in [7, 11) is 2.15. The van der Waals surface area contributed by atoms with Gasteiger partial charge in [0.15, 0.2) is 0 Å². The van der Waals surface area contributed by atoms with Gasteiger partial charge in [-0.1, -0.05) is 5.92 Å². The Balaban J connectivity index is 1.47. The topological polar surface area (TPSA) is 79.2 Å². The minimum Gasteiger partial charge on any atom is -0.369 e. The van der Waals surface area contributed by atoms with Crippen LogP contribution < -0.4 is 15.8 Å². The third-order valence-electron chi connectivity index (χ3n) is 6.46. The molecule has 0 spiro atoms. The van der Waals surface area contributed by atoms with Crippen molar-refractivity contribution < 1.29 is 0 Å². The number of nitrogens with zero attached hydrogens (tertiary/aromatic N) is 6. The number of hydrogen-bond acceptors (Lipinski definition) is 7. The highest BCUT2D eigenvalue weighted by Gasteiger charge is 2.17. The molecule has 1 aliphatic heterocycles. The molecule has 0 radical (unpaired) electrons. The highest BCUT2D eigenvalue weighted by Crippen LogP contribution is 2.23. The van der Waals surface area contributed by atoms with Gasteiger partial charge >= 0.3 is 0 Å². The molecule has 5 rings (SSSR count). The Hall–Kier alpha value is -4.22. The zero-order valence-electron chi connectivity index (χ0n) is 19.9. The number of aromatic nitrogens is 4. The van der Waals surface area contributed by atoms with Gasteiger partial charge in [0.1, 0.15) is 5.65 Å². The molecule has 0 atom stereocenters. The molecule has 4 aromatic rings. The monoisotopic (exact) mass is 465 g/mol. The first-order valence-corrected chi connectivity index (χ1v) is 11.6. The van der Waals surface area contributed by atoms with Crippen LogP contribution in [-0.2, 0) is 6.54 Å². The molecular formula is C27H27N7O. The smallest absolute Gasteiger partial charge is 0.256 e. The molecule has 1 fully saturated rings. The molecule has 1 aliphatic rings. The van der Waals surface area contributed by atoms with Crippen LogP contribution in [0.2, 0.25) is 0 Å². The fourth-order valence-corrected chi connectivity index (χ4v) is 4.38. The Morgan fingerprint density at radius 3 is 2.46 bits per heavy atom. The molecule has 0 unspecified atom stereocenters. The van der Waals surface area contributed by atoms with E-state index >= 15 is 0 Å². The van der Waals surface area contributed by atoms with Gasteiger partial charge in [-0.3, -0.25) is 14.3 Å². The van der Waals surface area contributed by atoms with Crippen molar-refractivity contribution in [3.63, 3.8) is 0 Å². The molecule has 0 bridgehead atoms. The third kappa shape index (κ3) is 4.59. The normalized spacial score (nSPS) is 14.1. The van der Waals surface area contributed by atoms with Gasteiger partial charge in [0.2, 0.25) is 5.95 Å². The van der Waals surface area contributed by atoms with Crippen LogP contribution in [0.4, 0.5) is 17.3 Å². The van der Waals surface area contributed by atoms with Gasteiger partial charge in [0.25, 0.3) is 5.56 Å². The van der Waals surface area contributed by atoms with E-state index in [1.165, 1.54) is 5.69 Å². The van der Waals surface area contributed by atoms with Gasteiger partial charge in [-0.25, -0.2) is 4.98 Å². The number of rotatable bonds is 5. The molecule has 0 amide bonds. The van der Waals surface area contributed by atoms with Crippen LogP contribution in [0, 0.1) is 19.3 Å². The summed E-state index contributed by atoms with van der Waals surface area (Å²) >= 11 is 0. The second-order valence-corrected chi connectivity index (χ2v) is 8.78. The van der Waals surface area contributed by atoms with Crippen molar-refractivity contribution >= 4 is 28.4 Å². The highest BCUT2D eigenvalue weighted by molar-refractivity contribution is 5.84. The first kappa shape index (κ1) is 22.6. The first-order valence-electron chi connectivity index (χ1n) is 11.6. The fraction of sp³-hybridized carbons (Fsp3) is 0.259. The molecule has 0 aliphatic carbocycles. The van der Waals surface area contributed by atoms with Crippen molar-refractivity contribution in [1.82, 2.24) is 24.4 Å². The van der Waals surface area contributed by atoms with Crippen LogP contribution in [0.25, 0.3) is 11.0 Å². The maximum absolute atomic E-state index is 13.2. The Labute approximate surface area is 204 Å². The highest BCUT2D eigenvalue weighted by atomic mass is 16.1. The van der Waals surface area contributed by atoms with Gasteiger partial charge in [-0.2, -0.15) is 4.98 Å². The molecule has 176 valence electrons. The lowest BCUT2D eigenvalue weighted by atomic mass is 10.1. The van der Waals surface area contributed by atoms with Gasteiger partial charge < -0.3 is 15.1 Å². The summed E-state index contributed by atoms with van der Waals surface area (Å²) in [4.78, 5) is 31.2. The molecular weight excluding hydrogens is 438 g/mol.